The summed E-state index contributed by atoms with van der Waals surface area (Å²) in [7, 11) is 0. The van der Waals surface area contributed by atoms with Crippen LogP contribution in [0.15, 0.2) is 36.5 Å². The van der Waals surface area contributed by atoms with Crippen molar-refractivity contribution in [2.75, 3.05) is 37.2 Å². The third-order valence-electron chi connectivity index (χ3n) is 6.24. The Bertz CT molecular complexity index is 787. The van der Waals surface area contributed by atoms with E-state index in [9.17, 15) is 4.79 Å². The van der Waals surface area contributed by atoms with E-state index in [-0.39, 0.29) is 5.92 Å². The zero-order valence-corrected chi connectivity index (χ0v) is 17.8. The molecule has 0 aliphatic carbocycles. The second-order valence-corrected chi connectivity index (χ2v) is 8.55. The first kappa shape index (κ1) is 20.6. The zero-order valence-electron chi connectivity index (χ0n) is 17.8. The molecule has 7 heteroatoms. The number of nitrogens with two attached hydrogens (primary N) is 1. The van der Waals surface area contributed by atoms with Crippen LogP contribution in [-0.4, -0.2) is 57.9 Å². The number of anilines is 2. The number of pyridine rings is 2. The second kappa shape index (κ2) is 9.43. The van der Waals surface area contributed by atoms with Crippen LogP contribution >= 0.6 is 0 Å². The van der Waals surface area contributed by atoms with Crippen LogP contribution in [-0.2, 0) is 11.3 Å². The highest BCUT2D eigenvalue weighted by atomic mass is 16.2. The van der Waals surface area contributed by atoms with Gasteiger partial charge in [-0.1, -0.05) is 6.07 Å². The number of amides is 1. The summed E-state index contributed by atoms with van der Waals surface area (Å²) < 4.78 is 0. The number of nitrogens with zero attached hydrogens (tertiary/aromatic N) is 4. The van der Waals surface area contributed by atoms with Crippen molar-refractivity contribution >= 4 is 17.5 Å². The van der Waals surface area contributed by atoms with Gasteiger partial charge in [-0.3, -0.25) is 9.69 Å². The normalized spacial score (nSPS) is 19.0. The van der Waals surface area contributed by atoms with Gasteiger partial charge in [-0.05, 0) is 75.5 Å². The van der Waals surface area contributed by atoms with Gasteiger partial charge in [-0.25, -0.2) is 9.97 Å². The molecule has 0 aromatic carbocycles. The topological polar surface area (TPSA) is 87.4 Å². The van der Waals surface area contributed by atoms with Crippen molar-refractivity contribution in [1.29, 1.82) is 0 Å². The van der Waals surface area contributed by atoms with E-state index in [0.29, 0.717) is 17.8 Å². The zero-order chi connectivity index (χ0) is 20.9. The fourth-order valence-electron chi connectivity index (χ4n) is 4.52. The molecule has 4 heterocycles. The number of nitrogens with one attached hydrogen (secondary N) is 1. The third kappa shape index (κ3) is 5.27. The smallest absolute Gasteiger partial charge is 0.225 e. The number of rotatable bonds is 5. The molecule has 0 bridgehead atoms. The van der Waals surface area contributed by atoms with Crippen LogP contribution in [0.2, 0.25) is 0 Å². The van der Waals surface area contributed by atoms with E-state index in [1.807, 2.05) is 37.3 Å². The van der Waals surface area contributed by atoms with Crippen LogP contribution in [0.25, 0.3) is 0 Å². The van der Waals surface area contributed by atoms with Crippen molar-refractivity contribution < 1.29 is 4.79 Å². The second-order valence-electron chi connectivity index (χ2n) is 8.55. The molecule has 160 valence electrons. The Balaban J connectivity index is 1.21. The maximum absolute atomic E-state index is 13.0. The maximum Gasteiger partial charge on any atom is 0.225 e. The number of piperidine rings is 2. The predicted octanol–water partition coefficient (Wildman–Crippen LogP) is 2.68. The van der Waals surface area contributed by atoms with Gasteiger partial charge in [0.15, 0.2) is 0 Å². The van der Waals surface area contributed by atoms with E-state index >= 15 is 0 Å². The molecule has 0 radical (unpaired) electrons. The maximum atomic E-state index is 13.0. The van der Waals surface area contributed by atoms with Gasteiger partial charge >= 0.3 is 0 Å². The summed E-state index contributed by atoms with van der Waals surface area (Å²) in [5.41, 5.74) is 7.98. The summed E-state index contributed by atoms with van der Waals surface area (Å²) in [5.74, 6) is 2.00. The first-order valence-electron chi connectivity index (χ1n) is 11.0. The van der Waals surface area contributed by atoms with Crippen LogP contribution in [0.5, 0.6) is 0 Å². The van der Waals surface area contributed by atoms with E-state index in [1.165, 1.54) is 5.56 Å². The average molecular weight is 409 g/mol. The summed E-state index contributed by atoms with van der Waals surface area (Å²) in [4.78, 5) is 26.1. The van der Waals surface area contributed by atoms with Crippen molar-refractivity contribution in [3.8, 4) is 0 Å². The van der Waals surface area contributed by atoms with Crippen molar-refractivity contribution in [3.63, 3.8) is 0 Å². The van der Waals surface area contributed by atoms with Gasteiger partial charge in [0.25, 0.3) is 0 Å². The van der Waals surface area contributed by atoms with Crippen molar-refractivity contribution in [1.82, 2.24) is 19.8 Å². The Morgan fingerprint density at radius 3 is 2.60 bits per heavy atom. The van der Waals surface area contributed by atoms with Gasteiger partial charge in [0.05, 0.1) is 0 Å². The number of aryl methyl sites for hydroxylation is 1. The molecule has 1 amide bonds. The quantitative estimate of drug-likeness (QED) is 0.791. The van der Waals surface area contributed by atoms with Crippen LogP contribution in [0, 0.1) is 12.8 Å². The fraction of sp³-hybridized carbons (Fsp3) is 0.522. The van der Waals surface area contributed by atoms with Gasteiger partial charge in [0.2, 0.25) is 5.91 Å². The van der Waals surface area contributed by atoms with Crippen molar-refractivity contribution in [3.05, 3.63) is 47.8 Å². The molecular weight excluding hydrogens is 376 g/mol. The van der Waals surface area contributed by atoms with Crippen molar-refractivity contribution in [2.45, 2.75) is 45.2 Å². The molecule has 2 aromatic rings. The lowest BCUT2D eigenvalue weighted by molar-refractivity contribution is -0.138. The van der Waals surface area contributed by atoms with E-state index in [0.717, 1.165) is 69.9 Å². The Labute approximate surface area is 178 Å². The average Bonchev–Trinajstić information content (AvgIpc) is 2.74. The first-order chi connectivity index (χ1) is 14.6. The molecule has 0 unspecified atom stereocenters. The lowest BCUT2D eigenvalue weighted by Gasteiger charge is -2.37. The largest absolute Gasteiger partial charge is 0.384 e. The molecule has 0 saturated carbocycles. The molecule has 2 saturated heterocycles. The number of hydrogen-bond donors (Lipinski definition) is 2. The molecule has 0 atom stereocenters. The molecule has 2 aromatic heterocycles. The van der Waals surface area contributed by atoms with Crippen LogP contribution in [0.1, 0.15) is 36.9 Å². The molecule has 2 aliphatic heterocycles. The number of carbonyl (C=O) groups excluding carboxylic acids is 1. The summed E-state index contributed by atoms with van der Waals surface area (Å²) in [6.45, 7) is 6.45. The minimum atomic E-state index is 0.159. The number of carbonyl (C=O) groups is 1. The van der Waals surface area contributed by atoms with Gasteiger partial charge in [0, 0.05) is 43.5 Å². The van der Waals surface area contributed by atoms with Gasteiger partial charge < -0.3 is 16.0 Å². The molecule has 0 spiro atoms. The van der Waals surface area contributed by atoms with E-state index < -0.39 is 0 Å². The number of likely N-dealkylation sites (tertiary alicyclic amines) is 2. The summed E-state index contributed by atoms with van der Waals surface area (Å²) in [6, 6.07) is 10.4. The molecule has 30 heavy (non-hydrogen) atoms. The first-order valence-corrected chi connectivity index (χ1v) is 11.0. The molecule has 2 fully saturated rings. The Morgan fingerprint density at radius 2 is 1.90 bits per heavy atom. The molecule has 2 aliphatic rings. The summed E-state index contributed by atoms with van der Waals surface area (Å²) >= 11 is 0. The highest BCUT2D eigenvalue weighted by Gasteiger charge is 2.31. The van der Waals surface area contributed by atoms with Gasteiger partial charge in [-0.2, -0.15) is 0 Å². The third-order valence-corrected chi connectivity index (χ3v) is 6.24. The standard InChI is InChI=1S/C23H32N6O/c1-17-3-2-4-22(26-17)27-20-8-13-29(14-9-20)23(30)19-6-11-28(12-7-19)16-18-5-10-25-21(24)15-18/h2-5,10,15,19-20H,6-9,11-14,16H2,1H3,(H2,24,25)(H,26,27). The van der Waals surface area contributed by atoms with Crippen molar-refractivity contribution in [2.24, 2.45) is 5.92 Å². The van der Waals surface area contributed by atoms with Crippen LogP contribution < -0.4 is 11.1 Å². The summed E-state index contributed by atoms with van der Waals surface area (Å²) in [5, 5.41) is 3.52. The lowest BCUT2D eigenvalue weighted by Crippen LogP contribution is -2.47. The highest BCUT2D eigenvalue weighted by molar-refractivity contribution is 5.79. The Kier molecular flexibility index (Phi) is 6.47. The number of aromatic nitrogens is 2. The lowest BCUT2D eigenvalue weighted by atomic mass is 9.93. The van der Waals surface area contributed by atoms with E-state index in [4.69, 9.17) is 5.73 Å². The van der Waals surface area contributed by atoms with E-state index in [2.05, 4.69) is 25.1 Å². The molecule has 4 rings (SSSR count). The van der Waals surface area contributed by atoms with Gasteiger partial charge in [0.1, 0.15) is 11.6 Å². The fourth-order valence-corrected chi connectivity index (χ4v) is 4.52. The molecule has 3 N–H and O–H groups in total. The number of hydrogen-bond acceptors (Lipinski definition) is 6. The highest BCUT2D eigenvalue weighted by Crippen LogP contribution is 2.24. The minimum absolute atomic E-state index is 0.159. The Morgan fingerprint density at radius 1 is 1.13 bits per heavy atom. The number of nitrogen functional groups attached to an aromatic ring is 1. The monoisotopic (exact) mass is 408 g/mol. The predicted molar refractivity (Wildman–Crippen MR) is 119 cm³/mol. The minimum Gasteiger partial charge on any atom is -0.384 e. The SMILES string of the molecule is Cc1cccc(NC2CCN(C(=O)C3CCN(Cc4ccnc(N)c4)CC3)CC2)n1. The molecular formula is C23H32N6O. The Hall–Kier alpha value is -2.67. The summed E-state index contributed by atoms with van der Waals surface area (Å²) in [6.07, 6.45) is 5.58. The van der Waals surface area contributed by atoms with E-state index in [1.54, 1.807) is 6.20 Å². The van der Waals surface area contributed by atoms with Gasteiger partial charge in [-0.15, -0.1) is 0 Å². The van der Waals surface area contributed by atoms with Crippen LogP contribution in [0.4, 0.5) is 11.6 Å². The molecule has 7 nitrogen and oxygen atoms in total. The van der Waals surface area contributed by atoms with Crippen LogP contribution in [0.3, 0.4) is 0 Å².